The lowest BCUT2D eigenvalue weighted by atomic mass is 9.84. The van der Waals surface area contributed by atoms with Crippen LogP contribution >= 0.6 is 0 Å². The van der Waals surface area contributed by atoms with E-state index in [-0.39, 0.29) is 6.54 Å². The summed E-state index contributed by atoms with van der Waals surface area (Å²) >= 11 is 0. The Balaban J connectivity index is 2.21. The third-order valence-corrected chi connectivity index (χ3v) is 3.07. The van der Waals surface area contributed by atoms with Crippen molar-refractivity contribution in [1.82, 2.24) is 4.90 Å². The summed E-state index contributed by atoms with van der Waals surface area (Å²) in [6, 6.07) is -1.34. The van der Waals surface area contributed by atoms with E-state index < -0.39 is 35.7 Å². The summed E-state index contributed by atoms with van der Waals surface area (Å²) in [5, 5.41) is 8.73. The molecular formula is C8H9F2NO3. The van der Waals surface area contributed by atoms with Gasteiger partial charge < -0.3 is 10.0 Å². The van der Waals surface area contributed by atoms with Crippen LogP contribution in [0.25, 0.3) is 0 Å². The van der Waals surface area contributed by atoms with Gasteiger partial charge in [0, 0.05) is 19.9 Å². The lowest BCUT2D eigenvalue weighted by molar-refractivity contribution is -0.171. The Morgan fingerprint density at radius 2 is 2.00 bits per heavy atom. The normalized spacial score (nSPS) is 37.9. The van der Waals surface area contributed by atoms with Gasteiger partial charge in [-0.3, -0.25) is 4.79 Å². The summed E-state index contributed by atoms with van der Waals surface area (Å²) in [4.78, 5) is 22.6. The first kappa shape index (κ1) is 9.36. The Morgan fingerprint density at radius 3 is 2.29 bits per heavy atom. The number of hydrogen-bond acceptors (Lipinski definition) is 2. The van der Waals surface area contributed by atoms with Crippen molar-refractivity contribution in [3.05, 3.63) is 0 Å². The molecule has 78 valence electrons. The maximum Gasteiger partial charge on any atom is 0.327 e. The summed E-state index contributed by atoms with van der Waals surface area (Å²) in [7, 11) is 0. The molecule has 1 heterocycles. The van der Waals surface area contributed by atoms with Gasteiger partial charge in [0.05, 0.1) is 5.41 Å². The van der Waals surface area contributed by atoms with Crippen LogP contribution in [-0.2, 0) is 9.59 Å². The summed E-state index contributed by atoms with van der Waals surface area (Å²) < 4.78 is 25.8. The van der Waals surface area contributed by atoms with Gasteiger partial charge in [0.25, 0.3) is 5.92 Å². The van der Waals surface area contributed by atoms with E-state index >= 15 is 0 Å². The molecule has 1 amide bonds. The second-order valence-electron chi connectivity index (χ2n) is 3.93. The van der Waals surface area contributed by atoms with Crippen molar-refractivity contribution in [3.8, 4) is 0 Å². The number of carbonyl (C=O) groups is 2. The molecule has 2 rings (SSSR count). The monoisotopic (exact) mass is 205 g/mol. The maximum atomic E-state index is 12.9. The number of hydrogen-bond donors (Lipinski definition) is 1. The predicted molar refractivity (Wildman–Crippen MR) is 40.8 cm³/mol. The number of carboxylic acid groups (broad SMARTS) is 1. The third kappa shape index (κ3) is 0.856. The van der Waals surface area contributed by atoms with Gasteiger partial charge in [-0.2, -0.15) is 0 Å². The molecule has 2 aliphatic rings. The first-order valence-electron chi connectivity index (χ1n) is 4.20. The molecule has 2 fully saturated rings. The van der Waals surface area contributed by atoms with E-state index in [9.17, 15) is 18.4 Å². The van der Waals surface area contributed by atoms with Crippen LogP contribution in [0.2, 0.25) is 0 Å². The molecule has 0 radical (unpaired) electrons. The van der Waals surface area contributed by atoms with Crippen molar-refractivity contribution in [2.75, 3.05) is 6.54 Å². The number of nitrogens with zero attached hydrogens (tertiary/aromatic N) is 1. The molecule has 0 aromatic heterocycles. The second kappa shape index (κ2) is 2.24. The highest BCUT2D eigenvalue weighted by molar-refractivity contribution is 5.86. The summed E-state index contributed by atoms with van der Waals surface area (Å²) in [6.07, 6.45) is -0.416. The van der Waals surface area contributed by atoms with Crippen molar-refractivity contribution in [1.29, 1.82) is 0 Å². The predicted octanol–water partition coefficient (Wildman–Crippen LogP) is 0.327. The first-order valence-corrected chi connectivity index (χ1v) is 4.20. The summed E-state index contributed by atoms with van der Waals surface area (Å²) in [5.41, 5.74) is -1.47. The first-order chi connectivity index (χ1) is 6.32. The smallest absolute Gasteiger partial charge is 0.327 e. The minimum absolute atomic E-state index is 0.133. The topological polar surface area (TPSA) is 57.6 Å². The minimum atomic E-state index is -2.91. The van der Waals surface area contributed by atoms with Gasteiger partial charge in [-0.15, -0.1) is 0 Å². The van der Waals surface area contributed by atoms with Crippen LogP contribution in [0.15, 0.2) is 0 Å². The molecule has 2 atom stereocenters. The number of carboxylic acids is 1. The van der Waals surface area contributed by atoms with Crippen molar-refractivity contribution in [3.63, 3.8) is 0 Å². The molecule has 1 aliphatic carbocycles. The fraction of sp³-hybridized carbons (Fsp3) is 0.750. The molecule has 1 saturated carbocycles. The Kier molecular flexibility index (Phi) is 1.50. The fourth-order valence-corrected chi connectivity index (χ4v) is 2.15. The molecule has 0 aromatic rings. The zero-order chi connectivity index (χ0) is 10.7. The van der Waals surface area contributed by atoms with E-state index in [4.69, 9.17) is 5.11 Å². The number of likely N-dealkylation sites (tertiary alicyclic amines) is 1. The molecule has 1 N–H and O–H groups in total. The van der Waals surface area contributed by atoms with Gasteiger partial charge >= 0.3 is 5.97 Å². The highest BCUT2D eigenvalue weighted by Crippen LogP contribution is 2.68. The Bertz CT molecular complexity index is 331. The molecule has 1 aliphatic heterocycles. The number of carbonyl (C=O) groups excluding carboxylic acids is 1. The summed E-state index contributed by atoms with van der Waals surface area (Å²) in [5.74, 6) is -4.73. The maximum absolute atomic E-state index is 12.9. The molecule has 14 heavy (non-hydrogen) atoms. The van der Waals surface area contributed by atoms with Gasteiger partial charge in [0.1, 0.15) is 6.04 Å². The van der Waals surface area contributed by atoms with E-state index in [1.807, 2.05) is 0 Å². The molecule has 1 spiro atoms. The highest BCUT2D eigenvalue weighted by atomic mass is 19.3. The SMILES string of the molecule is CC(=O)N1CC2(CC2(F)F)C1C(=O)O. The van der Waals surface area contributed by atoms with E-state index in [0.717, 1.165) is 4.90 Å². The molecule has 0 bridgehead atoms. The zero-order valence-corrected chi connectivity index (χ0v) is 7.46. The van der Waals surface area contributed by atoms with Crippen LogP contribution in [0.3, 0.4) is 0 Å². The number of amides is 1. The summed E-state index contributed by atoms with van der Waals surface area (Å²) in [6.45, 7) is 1.05. The van der Waals surface area contributed by atoms with Gasteiger partial charge in [-0.1, -0.05) is 0 Å². The third-order valence-electron chi connectivity index (χ3n) is 3.07. The Morgan fingerprint density at radius 1 is 1.50 bits per heavy atom. The standard InChI is InChI=1S/C8H9F2NO3/c1-4(12)11-3-7(2-8(7,9)10)5(11)6(13)14/h5H,2-3H2,1H3,(H,13,14). The van der Waals surface area contributed by atoms with E-state index in [1.165, 1.54) is 6.92 Å². The van der Waals surface area contributed by atoms with Crippen LogP contribution in [0, 0.1) is 5.41 Å². The number of rotatable bonds is 1. The molecule has 2 unspecified atom stereocenters. The lowest BCUT2D eigenvalue weighted by Crippen LogP contribution is -2.65. The molecule has 0 aromatic carbocycles. The van der Waals surface area contributed by atoms with E-state index in [2.05, 4.69) is 0 Å². The van der Waals surface area contributed by atoms with Gasteiger partial charge in [0.15, 0.2) is 0 Å². The molecular weight excluding hydrogens is 196 g/mol. The van der Waals surface area contributed by atoms with Crippen LogP contribution in [0.5, 0.6) is 0 Å². The quantitative estimate of drug-likeness (QED) is 0.671. The van der Waals surface area contributed by atoms with Gasteiger partial charge in [-0.05, 0) is 0 Å². The van der Waals surface area contributed by atoms with Crippen molar-refractivity contribution in [2.45, 2.75) is 25.3 Å². The minimum Gasteiger partial charge on any atom is -0.480 e. The number of aliphatic carboxylic acids is 1. The van der Waals surface area contributed by atoms with E-state index in [0.29, 0.717) is 0 Å². The van der Waals surface area contributed by atoms with Crippen LogP contribution < -0.4 is 0 Å². The van der Waals surface area contributed by atoms with Crippen LogP contribution in [-0.4, -0.2) is 40.4 Å². The van der Waals surface area contributed by atoms with Gasteiger partial charge in [-0.25, -0.2) is 13.6 Å². The Labute approximate surface area is 78.5 Å². The Hall–Kier alpha value is -1.20. The van der Waals surface area contributed by atoms with Crippen molar-refractivity contribution in [2.24, 2.45) is 5.41 Å². The molecule has 4 nitrogen and oxygen atoms in total. The average Bonchev–Trinajstić information content (AvgIpc) is 2.49. The van der Waals surface area contributed by atoms with Crippen LogP contribution in [0.1, 0.15) is 13.3 Å². The fourth-order valence-electron chi connectivity index (χ4n) is 2.15. The largest absolute Gasteiger partial charge is 0.480 e. The molecule has 1 saturated heterocycles. The van der Waals surface area contributed by atoms with E-state index in [1.54, 1.807) is 0 Å². The average molecular weight is 205 g/mol. The second-order valence-corrected chi connectivity index (χ2v) is 3.93. The number of alkyl halides is 2. The molecule has 6 heteroatoms. The highest BCUT2D eigenvalue weighted by Gasteiger charge is 2.83. The lowest BCUT2D eigenvalue weighted by Gasteiger charge is -2.45. The van der Waals surface area contributed by atoms with Crippen LogP contribution in [0.4, 0.5) is 8.78 Å². The van der Waals surface area contributed by atoms with Gasteiger partial charge in [0.2, 0.25) is 5.91 Å². The zero-order valence-electron chi connectivity index (χ0n) is 7.46. The van der Waals surface area contributed by atoms with Crippen molar-refractivity contribution < 1.29 is 23.5 Å². The van der Waals surface area contributed by atoms with Crippen molar-refractivity contribution >= 4 is 11.9 Å². The number of halogens is 2.